The number of halogens is 2. The number of rotatable bonds is 2. The van der Waals surface area contributed by atoms with E-state index >= 15 is 0 Å². The van der Waals surface area contributed by atoms with Crippen LogP contribution in [0.5, 0.6) is 0 Å². The summed E-state index contributed by atoms with van der Waals surface area (Å²) in [5.74, 6) is -0.552. The molecule has 0 saturated carbocycles. The van der Waals surface area contributed by atoms with Crippen LogP contribution in [0.4, 0.5) is 4.39 Å². The topological polar surface area (TPSA) is 17.1 Å². The number of benzene rings is 2. The van der Waals surface area contributed by atoms with Gasteiger partial charge in [-0.25, -0.2) is 4.39 Å². The third kappa shape index (κ3) is 2.44. The van der Waals surface area contributed by atoms with Crippen molar-refractivity contribution in [3.05, 3.63) is 69.4 Å². The van der Waals surface area contributed by atoms with Crippen molar-refractivity contribution in [1.29, 1.82) is 0 Å². The fourth-order valence-electron chi connectivity index (χ4n) is 1.53. The highest BCUT2D eigenvalue weighted by atomic mass is 79.9. The van der Waals surface area contributed by atoms with E-state index < -0.39 is 0 Å². The molecule has 0 aliphatic heterocycles. The molecule has 0 bridgehead atoms. The molecule has 0 aromatic heterocycles. The van der Waals surface area contributed by atoms with Crippen molar-refractivity contribution in [2.24, 2.45) is 0 Å². The fraction of sp³-hybridized carbons (Fsp3) is 0.0714. The Morgan fingerprint density at radius 1 is 1.12 bits per heavy atom. The Bertz CT molecular complexity index is 541. The SMILES string of the molecule is Cc1c(F)cc(C(=O)c2ccccc2)cc1Br. The first-order valence-electron chi connectivity index (χ1n) is 5.15. The van der Waals surface area contributed by atoms with Crippen molar-refractivity contribution in [3.63, 3.8) is 0 Å². The summed E-state index contributed by atoms with van der Waals surface area (Å²) in [5, 5.41) is 0. The standard InChI is InChI=1S/C14H10BrFO/c1-9-12(15)7-11(8-13(9)16)14(17)10-5-3-2-4-6-10/h2-8H,1H3. The van der Waals surface area contributed by atoms with Crippen LogP contribution in [0.15, 0.2) is 46.9 Å². The molecule has 0 radical (unpaired) electrons. The lowest BCUT2D eigenvalue weighted by Gasteiger charge is -2.05. The highest BCUT2D eigenvalue weighted by molar-refractivity contribution is 9.10. The van der Waals surface area contributed by atoms with Crippen molar-refractivity contribution in [2.45, 2.75) is 6.92 Å². The molecule has 1 nitrogen and oxygen atoms in total. The molecule has 0 heterocycles. The van der Waals surface area contributed by atoms with Crippen LogP contribution in [0.2, 0.25) is 0 Å². The Labute approximate surface area is 107 Å². The van der Waals surface area contributed by atoms with Gasteiger partial charge in [-0.2, -0.15) is 0 Å². The van der Waals surface area contributed by atoms with E-state index in [-0.39, 0.29) is 11.6 Å². The van der Waals surface area contributed by atoms with Crippen molar-refractivity contribution >= 4 is 21.7 Å². The quantitative estimate of drug-likeness (QED) is 0.761. The molecule has 0 spiro atoms. The lowest BCUT2D eigenvalue weighted by Crippen LogP contribution is -2.02. The Kier molecular flexibility index (Phi) is 3.38. The fourth-order valence-corrected chi connectivity index (χ4v) is 1.97. The summed E-state index contributed by atoms with van der Waals surface area (Å²) >= 11 is 3.25. The van der Waals surface area contributed by atoms with Gasteiger partial charge in [-0.1, -0.05) is 46.3 Å². The molecule has 0 amide bonds. The number of hydrogen-bond acceptors (Lipinski definition) is 1. The molecule has 2 aromatic carbocycles. The van der Waals surface area contributed by atoms with Gasteiger partial charge in [-0.15, -0.1) is 0 Å². The molecular weight excluding hydrogens is 283 g/mol. The normalized spacial score (nSPS) is 10.3. The second kappa shape index (κ2) is 4.80. The smallest absolute Gasteiger partial charge is 0.193 e. The van der Waals surface area contributed by atoms with Crippen LogP contribution in [-0.2, 0) is 0 Å². The number of carbonyl (C=O) groups excluding carboxylic acids is 1. The van der Waals surface area contributed by atoms with Gasteiger partial charge >= 0.3 is 0 Å². The molecule has 0 aliphatic rings. The van der Waals surface area contributed by atoms with E-state index in [1.165, 1.54) is 6.07 Å². The average molecular weight is 293 g/mol. The van der Waals surface area contributed by atoms with Gasteiger partial charge in [-0.3, -0.25) is 4.79 Å². The Morgan fingerprint density at radius 3 is 2.35 bits per heavy atom. The molecule has 0 atom stereocenters. The minimum absolute atomic E-state index is 0.176. The highest BCUT2D eigenvalue weighted by Gasteiger charge is 2.12. The second-order valence-corrected chi connectivity index (χ2v) is 4.61. The first-order chi connectivity index (χ1) is 8.09. The predicted octanol–water partition coefficient (Wildman–Crippen LogP) is 4.13. The van der Waals surface area contributed by atoms with Gasteiger partial charge in [0, 0.05) is 15.6 Å². The van der Waals surface area contributed by atoms with Gasteiger partial charge < -0.3 is 0 Å². The Hall–Kier alpha value is -1.48. The Morgan fingerprint density at radius 2 is 1.76 bits per heavy atom. The zero-order valence-corrected chi connectivity index (χ0v) is 10.8. The van der Waals surface area contributed by atoms with Crippen LogP contribution in [-0.4, -0.2) is 5.78 Å². The van der Waals surface area contributed by atoms with E-state index in [0.29, 0.717) is 21.2 Å². The molecule has 86 valence electrons. The summed E-state index contributed by atoms with van der Waals surface area (Å²) < 4.78 is 14.1. The molecule has 3 heteroatoms. The van der Waals surface area contributed by atoms with E-state index in [2.05, 4.69) is 15.9 Å². The molecule has 2 rings (SSSR count). The third-order valence-corrected chi connectivity index (χ3v) is 3.40. The molecule has 17 heavy (non-hydrogen) atoms. The van der Waals surface area contributed by atoms with E-state index in [9.17, 15) is 9.18 Å². The molecule has 0 saturated heterocycles. The van der Waals surface area contributed by atoms with Gasteiger partial charge in [0.05, 0.1) is 0 Å². The van der Waals surface area contributed by atoms with E-state index in [1.54, 1.807) is 37.3 Å². The molecular formula is C14H10BrFO. The first kappa shape index (κ1) is 12.0. The number of ketones is 1. The molecule has 0 unspecified atom stereocenters. The summed E-state index contributed by atoms with van der Waals surface area (Å²) in [4.78, 5) is 12.1. The summed E-state index contributed by atoms with van der Waals surface area (Å²) in [6.45, 7) is 1.66. The van der Waals surface area contributed by atoms with Crippen LogP contribution in [0.25, 0.3) is 0 Å². The molecule has 2 aromatic rings. The minimum Gasteiger partial charge on any atom is -0.289 e. The molecule has 0 aliphatic carbocycles. The van der Waals surface area contributed by atoms with Crippen LogP contribution >= 0.6 is 15.9 Å². The highest BCUT2D eigenvalue weighted by Crippen LogP contribution is 2.22. The van der Waals surface area contributed by atoms with Crippen LogP contribution < -0.4 is 0 Å². The monoisotopic (exact) mass is 292 g/mol. The van der Waals surface area contributed by atoms with Crippen LogP contribution in [0.3, 0.4) is 0 Å². The summed E-state index contributed by atoms with van der Waals surface area (Å²) in [5.41, 5.74) is 1.42. The lowest BCUT2D eigenvalue weighted by atomic mass is 10.0. The van der Waals surface area contributed by atoms with Crippen molar-refractivity contribution in [3.8, 4) is 0 Å². The minimum atomic E-state index is -0.376. The van der Waals surface area contributed by atoms with Gasteiger partial charge in [0.1, 0.15) is 5.82 Å². The van der Waals surface area contributed by atoms with Gasteiger partial charge in [0.15, 0.2) is 5.78 Å². The third-order valence-electron chi connectivity index (χ3n) is 2.58. The van der Waals surface area contributed by atoms with E-state index in [0.717, 1.165) is 0 Å². The van der Waals surface area contributed by atoms with Crippen molar-refractivity contribution < 1.29 is 9.18 Å². The summed E-state index contributed by atoms with van der Waals surface area (Å²) in [6.07, 6.45) is 0. The van der Waals surface area contributed by atoms with Gasteiger partial charge in [-0.05, 0) is 24.6 Å². The maximum Gasteiger partial charge on any atom is 0.193 e. The number of carbonyl (C=O) groups is 1. The van der Waals surface area contributed by atoms with Gasteiger partial charge in [0.2, 0.25) is 0 Å². The largest absolute Gasteiger partial charge is 0.289 e. The molecule has 0 fully saturated rings. The number of hydrogen-bond donors (Lipinski definition) is 0. The van der Waals surface area contributed by atoms with E-state index in [4.69, 9.17) is 0 Å². The summed E-state index contributed by atoms with van der Waals surface area (Å²) in [6, 6.07) is 11.8. The maximum absolute atomic E-state index is 13.5. The first-order valence-corrected chi connectivity index (χ1v) is 5.94. The van der Waals surface area contributed by atoms with Gasteiger partial charge in [0.25, 0.3) is 0 Å². The van der Waals surface area contributed by atoms with Crippen LogP contribution in [0, 0.1) is 12.7 Å². The predicted molar refractivity (Wildman–Crippen MR) is 68.7 cm³/mol. The average Bonchev–Trinajstić information content (AvgIpc) is 2.35. The maximum atomic E-state index is 13.5. The second-order valence-electron chi connectivity index (χ2n) is 3.76. The summed E-state index contributed by atoms with van der Waals surface area (Å²) in [7, 11) is 0. The lowest BCUT2D eigenvalue weighted by molar-refractivity contribution is 0.103. The van der Waals surface area contributed by atoms with E-state index in [1.807, 2.05) is 6.07 Å². The van der Waals surface area contributed by atoms with Crippen molar-refractivity contribution in [1.82, 2.24) is 0 Å². The zero-order chi connectivity index (χ0) is 12.4. The molecule has 0 N–H and O–H groups in total. The van der Waals surface area contributed by atoms with Crippen LogP contribution in [0.1, 0.15) is 21.5 Å². The zero-order valence-electron chi connectivity index (χ0n) is 9.21. The van der Waals surface area contributed by atoms with Crippen molar-refractivity contribution in [2.75, 3.05) is 0 Å². The Balaban J connectivity index is 2.45.